The minimum Gasteiger partial charge on any atom is -0.493 e. The molecule has 0 amide bonds. The summed E-state index contributed by atoms with van der Waals surface area (Å²) < 4.78 is 5.87. The third kappa shape index (κ3) is 4.42. The van der Waals surface area contributed by atoms with E-state index < -0.39 is 0 Å². The van der Waals surface area contributed by atoms with Crippen molar-refractivity contribution in [2.24, 2.45) is 0 Å². The van der Waals surface area contributed by atoms with Gasteiger partial charge in [-0.2, -0.15) is 0 Å². The van der Waals surface area contributed by atoms with Crippen molar-refractivity contribution in [2.45, 2.75) is 12.8 Å². The van der Waals surface area contributed by atoms with Crippen LogP contribution in [0.3, 0.4) is 0 Å². The first-order valence-electron chi connectivity index (χ1n) is 6.79. The van der Waals surface area contributed by atoms with Gasteiger partial charge in [-0.15, -0.1) is 0 Å². The van der Waals surface area contributed by atoms with Crippen molar-refractivity contribution in [3.63, 3.8) is 0 Å². The molecule has 0 bridgehead atoms. The molecule has 2 aromatic rings. The van der Waals surface area contributed by atoms with Gasteiger partial charge in [-0.25, -0.2) is 0 Å². The minimum absolute atomic E-state index is 0.757. The Morgan fingerprint density at radius 2 is 1.68 bits per heavy atom. The molecular weight excluding hydrogens is 234 g/mol. The predicted molar refractivity (Wildman–Crippen MR) is 79.7 cm³/mol. The Labute approximate surface area is 115 Å². The van der Waals surface area contributed by atoms with Gasteiger partial charge in [-0.1, -0.05) is 48.5 Å². The summed E-state index contributed by atoms with van der Waals surface area (Å²) in [6.07, 6.45) is 1.94. The fraction of sp³-hybridized carbons (Fsp3) is 0.294. The molecule has 0 unspecified atom stereocenters. The summed E-state index contributed by atoms with van der Waals surface area (Å²) in [6, 6.07) is 18.8. The summed E-state index contributed by atoms with van der Waals surface area (Å²) >= 11 is 0. The fourth-order valence-corrected chi connectivity index (χ4v) is 2.04. The number of rotatable bonds is 7. The van der Waals surface area contributed by atoms with E-state index in [0.717, 1.165) is 31.7 Å². The Morgan fingerprint density at radius 3 is 2.47 bits per heavy atom. The molecule has 2 aromatic carbocycles. The second-order valence-corrected chi connectivity index (χ2v) is 4.58. The highest BCUT2D eigenvalue weighted by atomic mass is 16.5. The largest absolute Gasteiger partial charge is 0.493 e. The third-order valence-electron chi connectivity index (χ3n) is 3.04. The number of hydrogen-bond acceptors (Lipinski definition) is 2. The van der Waals surface area contributed by atoms with Crippen LogP contribution in [-0.2, 0) is 6.42 Å². The average molecular weight is 255 g/mol. The number of benzene rings is 2. The smallest absolute Gasteiger partial charge is 0.122 e. The van der Waals surface area contributed by atoms with E-state index in [2.05, 4.69) is 47.8 Å². The van der Waals surface area contributed by atoms with Crippen molar-refractivity contribution in [1.29, 1.82) is 0 Å². The van der Waals surface area contributed by atoms with E-state index in [4.69, 9.17) is 4.74 Å². The van der Waals surface area contributed by atoms with Gasteiger partial charge in [0.25, 0.3) is 0 Å². The quantitative estimate of drug-likeness (QED) is 0.767. The van der Waals surface area contributed by atoms with Gasteiger partial charge in [-0.3, -0.25) is 0 Å². The van der Waals surface area contributed by atoms with Crippen LogP contribution in [0.25, 0.3) is 0 Å². The van der Waals surface area contributed by atoms with Gasteiger partial charge in [0.1, 0.15) is 5.75 Å². The van der Waals surface area contributed by atoms with Crippen molar-refractivity contribution in [3.8, 4) is 5.75 Å². The molecule has 0 aliphatic heterocycles. The Hall–Kier alpha value is -1.80. The molecule has 0 aliphatic carbocycles. The maximum absolute atomic E-state index is 5.87. The van der Waals surface area contributed by atoms with Gasteiger partial charge in [0.15, 0.2) is 0 Å². The molecule has 1 N–H and O–H groups in total. The molecule has 0 atom stereocenters. The van der Waals surface area contributed by atoms with E-state index in [9.17, 15) is 0 Å². The summed E-state index contributed by atoms with van der Waals surface area (Å²) in [5.74, 6) is 1.00. The van der Waals surface area contributed by atoms with Gasteiger partial charge in [0, 0.05) is 6.42 Å². The van der Waals surface area contributed by atoms with Gasteiger partial charge in [0.2, 0.25) is 0 Å². The molecule has 0 aliphatic rings. The number of hydrogen-bond donors (Lipinski definition) is 1. The number of ether oxygens (including phenoxy) is 1. The van der Waals surface area contributed by atoms with Crippen LogP contribution in [0.15, 0.2) is 54.6 Å². The molecular formula is C17H21NO. The van der Waals surface area contributed by atoms with Crippen molar-refractivity contribution in [3.05, 3.63) is 65.7 Å². The monoisotopic (exact) mass is 255 g/mol. The standard InChI is InChI=1S/C17H21NO/c1-18-12-7-13-19-17-11-6-5-10-16(17)14-15-8-3-2-4-9-15/h2-6,8-11,18H,7,12-14H2,1H3. The SMILES string of the molecule is CNCCCOc1ccccc1Cc1ccccc1. The summed E-state index contributed by atoms with van der Waals surface area (Å²) in [5.41, 5.74) is 2.56. The van der Waals surface area contributed by atoms with Crippen LogP contribution in [-0.4, -0.2) is 20.2 Å². The first-order valence-corrected chi connectivity index (χ1v) is 6.79. The van der Waals surface area contributed by atoms with Crippen LogP contribution in [0.5, 0.6) is 5.75 Å². The highest BCUT2D eigenvalue weighted by molar-refractivity contribution is 5.37. The Bertz CT molecular complexity index is 482. The third-order valence-corrected chi connectivity index (χ3v) is 3.04. The number of nitrogens with one attached hydrogen (secondary N) is 1. The molecule has 0 radical (unpaired) electrons. The highest BCUT2D eigenvalue weighted by Crippen LogP contribution is 2.21. The second kappa shape index (κ2) is 7.59. The normalized spacial score (nSPS) is 10.4. The summed E-state index contributed by atoms with van der Waals surface area (Å²) in [6.45, 7) is 1.74. The van der Waals surface area contributed by atoms with Crippen LogP contribution >= 0.6 is 0 Å². The van der Waals surface area contributed by atoms with Crippen LogP contribution < -0.4 is 10.1 Å². The zero-order valence-electron chi connectivity index (χ0n) is 11.4. The predicted octanol–water partition coefficient (Wildman–Crippen LogP) is 3.27. The Balaban J connectivity index is 2.00. The van der Waals surface area contributed by atoms with E-state index >= 15 is 0 Å². The maximum atomic E-state index is 5.87. The molecule has 100 valence electrons. The molecule has 2 nitrogen and oxygen atoms in total. The zero-order valence-corrected chi connectivity index (χ0v) is 11.4. The molecule has 19 heavy (non-hydrogen) atoms. The van der Waals surface area contributed by atoms with Gasteiger partial charge >= 0.3 is 0 Å². The molecule has 2 heteroatoms. The molecule has 0 heterocycles. The second-order valence-electron chi connectivity index (χ2n) is 4.58. The van der Waals surface area contributed by atoms with Crippen molar-refractivity contribution >= 4 is 0 Å². The maximum Gasteiger partial charge on any atom is 0.122 e. The Morgan fingerprint density at radius 1 is 0.947 bits per heavy atom. The first kappa shape index (κ1) is 13.6. The van der Waals surface area contributed by atoms with Gasteiger partial charge in [-0.05, 0) is 37.2 Å². The molecule has 0 spiro atoms. The molecule has 0 saturated carbocycles. The van der Waals surface area contributed by atoms with E-state index in [0.29, 0.717) is 0 Å². The molecule has 2 rings (SSSR count). The topological polar surface area (TPSA) is 21.3 Å². The lowest BCUT2D eigenvalue weighted by Crippen LogP contribution is -2.12. The van der Waals surface area contributed by atoms with Crippen molar-refractivity contribution in [1.82, 2.24) is 5.32 Å². The summed E-state index contributed by atoms with van der Waals surface area (Å²) in [7, 11) is 1.96. The van der Waals surface area contributed by atoms with Crippen LogP contribution in [0.2, 0.25) is 0 Å². The lowest BCUT2D eigenvalue weighted by molar-refractivity contribution is 0.307. The summed E-state index contributed by atoms with van der Waals surface area (Å²) in [4.78, 5) is 0. The van der Waals surface area contributed by atoms with Gasteiger partial charge in [0.05, 0.1) is 6.61 Å². The lowest BCUT2D eigenvalue weighted by atomic mass is 10.0. The lowest BCUT2D eigenvalue weighted by Gasteiger charge is -2.11. The first-order chi connectivity index (χ1) is 9.40. The van der Waals surface area contributed by atoms with Crippen molar-refractivity contribution in [2.75, 3.05) is 20.2 Å². The van der Waals surface area contributed by atoms with Crippen LogP contribution in [0, 0.1) is 0 Å². The fourth-order valence-electron chi connectivity index (χ4n) is 2.04. The van der Waals surface area contributed by atoms with Crippen molar-refractivity contribution < 1.29 is 4.74 Å². The van der Waals surface area contributed by atoms with Crippen LogP contribution in [0.4, 0.5) is 0 Å². The van der Waals surface area contributed by atoms with E-state index in [-0.39, 0.29) is 0 Å². The van der Waals surface area contributed by atoms with E-state index in [1.54, 1.807) is 0 Å². The van der Waals surface area contributed by atoms with E-state index in [1.807, 2.05) is 19.2 Å². The molecule has 0 aromatic heterocycles. The highest BCUT2D eigenvalue weighted by Gasteiger charge is 2.03. The van der Waals surface area contributed by atoms with Gasteiger partial charge < -0.3 is 10.1 Å². The van der Waals surface area contributed by atoms with E-state index in [1.165, 1.54) is 11.1 Å². The zero-order chi connectivity index (χ0) is 13.3. The number of para-hydroxylation sites is 1. The molecule has 0 saturated heterocycles. The Kier molecular flexibility index (Phi) is 5.45. The molecule has 0 fully saturated rings. The summed E-state index contributed by atoms with van der Waals surface area (Å²) in [5, 5.41) is 3.13. The minimum atomic E-state index is 0.757. The average Bonchev–Trinajstić information content (AvgIpc) is 2.46. The van der Waals surface area contributed by atoms with Crippen LogP contribution in [0.1, 0.15) is 17.5 Å².